The summed E-state index contributed by atoms with van der Waals surface area (Å²) in [5.41, 5.74) is -0.703. The van der Waals surface area contributed by atoms with Gasteiger partial charge in [0.1, 0.15) is 5.60 Å². The highest BCUT2D eigenvalue weighted by atomic mass is 16.5. The molecule has 142 valence electrons. The van der Waals surface area contributed by atoms with E-state index in [9.17, 15) is 14.4 Å². The van der Waals surface area contributed by atoms with Gasteiger partial charge < -0.3 is 24.2 Å². The number of carbonyl (C=O) groups excluding carboxylic acids is 3. The molecule has 8 nitrogen and oxygen atoms in total. The highest BCUT2D eigenvalue weighted by Gasteiger charge is 2.67. The monoisotopic (exact) mass is 363 g/mol. The van der Waals surface area contributed by atoms with Crippen LogP contribution in [0.2, 0.25) is 0 Å². The lowest BCUT2D eigenvalue weighted by Gasteiger charge is -2.36. The smallest absolute Gasteiger partial charge is 0.242 e. The summed E-state index contributed by atoms with van der Waals surface area (Å²) in [5, 5.41) is 0. The number of likely N-dealkylation sites (tertiary alicyclic amines) is 1. The van der Waals surface area contributed by atoms with Crippen molar-refractivity contribution in [2.24, 2.45) is 11.8 Å². The quantitative estimate of drug-likeness (QED) is 0.592. The van der Waals surface area contributed by atoms with E-state index in [4.69, 9.17) is 9.47 Å². The van der Waals surface area contributed by atoms with Crippen molar-refractivity contribution in [1.82, 2.24) is 14.7 Å². The summed E-state index contributed by atoms with van der Waals surface area (Å²) in [6, 6.07) is 0. The molecule has 4 rings (SSSR count). The van der Waals surface area contributed by atoms with Gasteiger partial charge in [0.15, 0.2) is 0 Å². The molecular formula is C18H25N3O5. The molecule has 3 fully saturated rings. The van der Waals surface area contributed by atoms with Gasteiger partial charge in [-0.2, -0.15) is 0 Å². The van der Waals surface area contributed by atoms with Crippen molar-refractivity contribution in [3.63, 3.8) is 0 Å². The summed E-state index contributed by atoms with van der Waals surface area (Å²) in [6.07, 6.45) is 3.47. The van der Waals surface area contributed by atoms with Gasteiger partial charge in [-0.3, -0.25) is 14.4 Å². The Morgan fingerprint density at radius 1 is 1.35 bits per heavy atom. The number of amides is 3. The van der Waals surface area contributed by atoms with E-state index < -0.39 is 17.4 Å². The van der Waals surface area contributed by atoms with Crippen molar-refractivity contribution in [1.29, 1.82) is 0 Å². The van der Waals surface area contributed by atoms with E-state index in [-0.39, 0.29) is 30.4 Å². The van der Waals surface area contributed by atoms with Crippen molar-refractivity contribution < 1.29 is 23.9 Å². The number of nitrogens with zero attached hydrogens (tertiary/aromatic N) is 3. The molecule has 0 N–H and O–H groups in total. The Labute approximate surface area is 152 Å². The van der Waals surface area contributed by atoms with Gasteiger partial charge in [0.2, 0.25) is 17.7 Å². The van der Waals surface area contributed by atoms with Gasteiger partial charge in [0.05, 0.1) is 37.6 Å². The summed E-state index contributed by atoms with van der Waals surface area (Å²) in [6.45, 7) is 5.11. The number of hydrogen-bond acceptors (Lipinski definition) is 5. The number of ether oxygens (including phenoxy) is 2. The first-order valence-electron chi connectivity index (χ1n) is 9.22. The second kappa shape index (κ2) is 6.35. The maximum Gasteiger partial charge on any atom is 0.242 e. The largest absolute Gasteiger partial charge is 0.383 e. The van der Waals surface area contributed by atoms with Crippen LogP contribution in [0.25, 0.3) is 0 Å². The summed E-state index contributed by atoms with van der Waals surface area (Å²) in [7, 11) is 1.60. The minimum absolute atomic E-state index is 0.0408. The molecule has 4 atom stereocenters. The molecule has 0 aromatic heterocycles. The van der Waals surface area contributed by atoms with Crippen LogP contribution < -0.4 is 0 Å². The van der Waals surface area contributed by atoms with Crippen LogP contribution >= 0.6 is 0 Å². The third-order valence-electron chi connectivity index (χ3n) is 6.04. The van der Waals surface area contributed by atoms with Gasteiger partial charge in [-0.1, -0.05) is 12.2 Å². The number of hydrogen-bond donors (Lipinski definition) is 0. The van der Waals surface area contributed by atoms with Crippen molar-refractivity contribution in [2.75, 3.05) is 53.0 Å². The average molecular weight is 363 g/mol. The van der Waals surface area contributed by atoms with Crippen LogP contribution in [0.5, 0.6) is 0 Å². The van der Waals surface area contributed by atoms with Crippen LogP contribution in [0.4, 0.5) is 0 Å². The Kier molecular flexibility index (Phi) is 4.27. The first-order chi connectivity index (χ1) is 12.5. The van der Waals surface area contributed by atoms with Crippen molar-refractivity contribution in [3.05, 3.63) is 12.2 Å². The average Bonchev–Trinajstić information content (AvgIpc) is 3.27. The molecule has 0 aromatic rings. The fraction of sp³-hybridized carbons (Fsp3) is 0.722. The topological polar surface area (TPSA) is 79.4 Å². The Morgan fingerprint density at radius 3 is 2.85 bits per heavy atom. The Morgan fingerprint density at radius 2 is 2.15 bits per heavy atom. The fourth-order valence-electron chi connectivity index (χ4n) is 4.69. The maximum atomic E-state index is 13.2. The number of rotatable bonds is 5. The zero-order valence-corrected chi connectivity index (χ0v) is 15.2. The molecule has 3 saturated heterocycles. The molecule has 4 heterocycles. The van der Waals surface area contributed by atoms with Crippen molar-refractivity contribution >= 4 is 17.7 Å². The zero-order chi connectivity index (χ0) is 18.5. The summed E-state index contributed by atoms with van der Waals surface area (Å²) in [4.78, 5) is 43.4. The molecule has 4 aliphatic rings. The lowest BCUT2D eigenvalue weighted by atomic mass is 9.76. The van der Waals surface area contributed by atoms with E-state index in [1.165, 1.54) is 0 Å². The van der Waals surface area contributed by atoms with Crippen LogP contribution in [0.1, 0.15) is 6.92 Å². The Balaban J connectivity index is 1.53. The molecule has 26 heavy (non-hydrogen) atoms. The fourth-order valence-corrected chi connectivity index (χ4v) is 4.69. The van der Waals surface area contributed by atoms with E-state index in [0.29, 0.717) is 39.3 Å². The number of piperazine rings is 1. The molecule has 3 amide bonds. The van der Waals surface area contributed by atoms with E-state index in [1.54, 1.807) is 21.8 Å². The van der Waals surface area contributed by atoms with E-state index >= 15 is 0 Å². The van der Waals surface area contributed by atoms with Crippen LogP contribution in [0.3, 0.4) is 0 Å². The molecular weight excluding hydrogens is 338 g/mol. The lowest BCUT2D eigenvalue weighted by molar-refractivity contribution is -0.150. The van der Waals surface area contributed by atoms with Gasteiger partial charge in [-0.15, -0.1) is 0 Å². The highest BCUT2D eigenvalue weighted by Crippen LogP contribution is 2.52. The van der Waals surface area contributed by atoms with Crippen LogP contribution in [0.15, 0.2) is 12.2 Å². The Hall–Kier alpha value is -1.93. The summed E-state index contributed by atoms with van der Waals surface area (Å²) >= 11 is 0. The molecule has 8 heteroatoms. The number of likely N-dealkylation sites (N-methyl/N-ethyl adjacent to an activating group) is 1. The zero-order valence-electron chi connectivity index (χ0n) is 15.2. The second-order valence-corrected chi connectivity index (χ2v) is 7.39. The highest BCUT2D eigenvalue weighted by molar-refractivity contribution is 5.94. The van der Waals surface area contributed by atoms with E-state index in [0.717, 1.165) is 0 Å². The van der Waals surface area contributed by atoms with Gasteiger partial charge in [-0.25, -0.2) is 0 Å². The predicted octanol–water partition coefficient (Wildman–Crippen LogP) is -0.894. The Bertz CT molecular complexity index is 665. The summed E-state index contributed by atoms with van der Waals surface area (Å²) < 4.78 is 11.2. The third kappa shape index (κ3) is 2.46. The van der Waals surface area contributed by atoms with Gasteiger partial charge >= 0.3 is 0 Å². The van der Waals surface area contributed by atoms with Gasteiger partial charge in [-0.05, 0) is 6.92 Å². The van der Waals surface area contributed by atoms with Crippen LogP contribution in [-0.4, -0.2) is 97.1 Å². The molecule has 0 aliphatic carbocycles. The standard InChI is InChI=1S/C18H25N3O5/c1-3-19-6-7-20(10-13(19)22)16(23)14-12-4-5-18(26-12)11-21(8-9-25-2)17(24)15(14)18/h4-5,12,14-15H,3,6-11H2,1-2H3/t12-,14+,15+,18-/m0/s1. The van der Waals surface area contributed by atoms with Crippen LogP contribution in [-0.2, 0) is 23.9 Å². The minimum Gasteiger partial charge on any atom is -0.383 e. The lowest BCUT2D eigenvalue weighted by Crippen LogP contribution is -2.55. The van der Waals surface area contributed by atoms with Crippen molar-refractivity contribution in [3.8, 4) is 0 Å². The number of methoxy groups -OCH3 is 1. The van der Waals surface area contributed by atoms with Crippen LogP contribution in [0, 0.1) is 11.8 Å². The van der Waals surface area contributed by atoms with Crippen molar-refractivity contribution in [2.45, 2.75) is 18.6 Å². The van der Waals surface area contributed by atoms with Gasteiger partial charge in [0.25, 0.3) is 0 Å². The first kappa shape index (κ1) is 17.5. The number of fused-ring (bicyclic) bond motifs is 1. The minimum atomic E-state index is -0.703. The number of carbonyl (C=O) groups is 3. The second-order valence-electron chi connectivity index (χ2n) is 7.39. The summed E-state index contributed by atoms with van der Waals surface area (Å²) in [5.74, 6) is -1.27. The molecule has 0 radical (unpaired) electrons. The predicted molar refractivity (Wildman–Crippen MR) is 91.0 cm³/mol. The molecule has 0 unspecified atom stereocenters. The van der Waals surface area contributed by atoms with E-state index in [2.05, 4.69) is 0 Å². The third-order valence-corrected chi connectivity index (χ3v) is 6.04. The van der Waals surface area contributed by atoms with E-state index in [1.807, 2.05) is 19.1 Å². The maximum absolute atomic E-state index is 13.2. The molecule has 0 saturated carbocycles. The van der Waals surface area contributed by atoms with Gasteiger partial charge in [0, 0.05) is 33.3 Å². The molecule has 2 bridgehead atoms. The molecule has 0 aromatic carbocycles. The molecule has 1 spiro atoms. The SMILES string of the molecule is CCN1CCN(C(=O)[C@@H]2[C@@H]3C=C[C@@]4(CN(CCOC)C(=O)[C@@H]24)O3)CC1=O. The first-order valence-corrected chi connectivity index (χ1v) is 9.22. The molecule has 4 aliphatic heterocycles. The normalized spacial score (nSPS) is 35.6.